The highest BCUT2D eigenvalue weighted by Gasteiger charge is 2.42. The largest absolute Gasteiger partial charge is 0.478 e. The summed E-state index contributed by atoms with van der Waals surface area (Å²) in [6.45, 7) is 7.22. The summed E-state index contributed by atoms with van der Waals surface area (Å²) in [5, 5.41) is 15.9. The minimum absolute atomic E-state index is 0.0182. The van der Waals surface area contributed by atoms with Crippen molar-refractivity contribution in [2.45, 2.75) is 44.9 Å². The van der Waals surface area contributed by atoms with Gasteiger partial charge < -0.3 is 14.7 Å². The van der Waals surface area contributed by atoms with Gasteiger partial charge in [-0.1, -0.05) is 25.5 Å². The molecule has 3 heterocycles. The summed E-state index contributed by atoms with van der Waals surface area (Å²) in [6.07, 6.45) is 4.87. The molecule has 4 rings (SSSR count). The lowest BCUT2D eigenvalue weighted by Gasteiger charge is -2.45. The van der Waals surface area contributed by atoms with E-state index >= 15 is 0 Å². The van der Waals surface area contributed by atoms with Crippen molar-refractivity contribution in [3.63, 3.8) is 0 Å². The molecule has 0 radical (unpaired) electrons. The molecule has 2 atom stereocenters. The van der Waals surface area contributed by atoms with Gasteiger partial charge in [-0.05, 0) is 25.5 Å². The van der Waals surface area contributed by atoms with Gasteiger partial charge in [0.25, 0.3) is 0 Å². The number of ether oxygens (including phenoxy) is 1. The number of halogens is 2. The second-order valence-corrected chi connectivity index (χ2v) is 8.88. The molecule has 1 aliphatic rings. The zero-order chi connectivity index (χ0) is 24.8. The molecule has 2 aromatic heterocycles. The Bertz CT molecular complexity index is 1090. The molecule has 0 bridgehead atoms. The number of piperazine rings is 1. The van der Waals surface area contributed by atoms with E-state index in [-0.39, 0.29) is 12.1 Å². The Morgan fingerprint density at radius 2 is 1.94 bits per heavy atom. The Hall–Kier alpha value is -3.11. The van der Waals surface area contributed by atoms with E-state index in [0.29, 0.717) is 38.7 Å². The van der Waals surface area contributed by atoms with Crippen LogP contribution >= 0.6 is 0 Å². The van der Waals surface area contributed by atoms with Crippen molar-refractivity contribution in [2.24, 2.45) is 0 Å². The molecule has 3 aromatic rings. The predicted octanol–water partition coefficient (Wildman–Crippen LogP) is 3.23. The first-order valence-corrected chi connectivity index (χ1v) is 12.0. The molecule has 1 N–H and O–H groups in total. The zero-order valence-electron chi connectivity index (χ0n) is 20.1. The van der Waals surface area contributed by atoms with E-state index in [1.807, 2.05) is 25.1 Å². The number of aliphatic hydroxyl groups is 1. The molecular formula is C25H32F2N6O2. The third kappa shape index (κ3) is 5.76. The predicted molar refractivity (Wildman–Crippen MR) is 128 cm³/mol. The van der Waals surface area contributed by atoms with E-state index in [9.17, 15) is 13.9 Å². The lowest BCUT2D eigenvalue weighted by Crippen LogP contribution is -2.57. The van der Waals surface area contributed by atoms with E-state index in [0.717, 1.165) is 30.8 Å². The third-order valence-electron chi connectivity index (χ3n) is 6.60. The highest BCUT2D eigenvalue weighted by atomic mass is 19.1. The van der Waals surface area contributed by atoms with Gasteiger partial charge in [-0.3, -0.25) is 4.90 Å². The van der Waals surface area contributed by atoms with Crippen molar-refractivity contribution in [2.75, 3.05) is 37.7 Å². The Morgan fingerprint density at radius 1 is 1.14 bits per heavy atom. The summed E-state index contributed by atoms with van der Waals surface area (Å²) in [6, 6.07) is 8.55. The number of hydrogen-bond acceptors (Lipinski definition) is 7. The molecular weight excluding hydrogens is 454 g/mol. The minimum atomic E-state index is -1.65. The fourth-order valence-electron chi connectivity index (χ4n) is 4.47. The number of anilines is 1. The van der Waals surface area contributed by atoms with Gasteiger partial charge in [0.2, 0.25) is 5.88 Å². The summed E-state index contributed by atoms with van der Waals surface area (Å²) in [7, 11) is 0. The van der Waals surface area contributed by atoms with Crippen LogP contribution in [-0.4, -0.2) is 68.6 Å². The van der Waals surface area contributed by atoms with Gasteiger partial charge in [-0.2, -0.15) is 10.1 Å². The number of rotatable bonds is 10. The second kappa shape index (κ2) is 11.1. The minimum Gasteiger partial charge on any atom is -0.478 e. The van der Waals surface area contributed by atoms with E-state index in [1.54, 1.807) is 0 Å². The van der Waals surface area contributed by atoms with Crippen LogP contribution in [-0.2, 0) is 12.1 Å². The quantitative estimate of drug-likeness (QED) is 0.441. The van der Waals surface area contributed by atoms with Gasteiger partial charge in [0.1, 0.15) is 35.7 Å². The monoisotopic (exact) mass is 486 g/mol. The molecule has 1 aliphatic heterocycles. The summed E-state index contributed by atoms with van der Waals surface area (Å²) in [5.41, 5.74) is -1.62. The first kappa shape index (κ1) is 25.0. The van der Waals surface area contributed by atoms with Gasteiger partial charge >= 0.3 is 0 Å². The molecule has 0 amide bonds. The summed E-state index contributed by atoms with van der Waals surface area (Å²) in [5.74, 6) is -0.0271. The zero-order valence-corrected chi connectivity index (χ0v) is 20.1. The molecule has 1 saturated heterocycles. The van der Waals surface area contributed by atoms with Crippen LogP contribution in [0.3, 0.4) is 0 Å². The van der Waals surface area contributed by atoms with Crippen LogP contribution in [0.1, 0.15) is 32.3 Å². The summed E-state index contributed by atoms with van der Waals surface area (Å²) < 4.78 is 35.7. The molecule has 1 aromatic carbocycles. The van der Waals surface area contributed by atoms with Crippen LogP contribution in [0.25, 0.3) is 0 Å². The van der Waals surface area contributed by atoms with Crippen molar-refractivity contribution >= 4 is 5.82 Å². The van der Waals surface area contributed by atoms with Gasteiger partial charge in [0, 0.05) is 49.9 Å². The molecule has 0 aliphatic carbocycles. The lowest BCUT2D eigenvalue weighted by molar-refractivity contribution is -0.0650. The van der Waals surface area contributed by atoms with E-state index in [2.05, 4.69) is 31.8 Å². The van der Waals surface area contributed by atoms with Crippen LogP contribution in [0.5, 0.6) is 5.88 Å². The van der Waals surface area contributed by atoms with Crippen molar-refractivity contribution in [3.05, 3.63) is 66.3 Å². The van der Waals surface area contributed by atoms with Crippen molar-refractivity contribution in [1.82, 2.24) is 24.6 Å². The first-order valence-electron chi connectivity index (χ1n) is 12.0. The summed E-state index contributed by atoms with van der Waals surface area (Å²) >= 11 is 0. The molecule has 0 spiro atoms. The van der Waals surface area contributed by atoms with Crippen LogP contribution in [0.4, 0.5) is 14.6 Å². The second-order valence-electron chi connectivity index (χ2n) is 8.88. The first-order chi connectivity index (χ1) is 16.9. The molecule has 0 saturated carbocycles. The highest BCUT2D eigenvalue weighted by molar-refractivity contribution is 5.41. The van der Waals surface area contributed by atoms with Crippen molar-refractivity contribution in [3.8, 4) is 5.88 Å². The van der Waals surface area contributed by atoms with Gasteiger partial charge in [-0.15, -0.1) is 0 Å². The van der Waals surface area contributed by atoms with Crippen LogP contribution < -0.4 is 9.64 Å². The van der Waals surface area contributed by atoms with Gasteiger partial charge in [-0.25, -0.2) is 18.4 Å². The average Bonchev–Trinajstić information content (AvgIpc) is 3.37. The smallest absolute Gasteiger partial charge is 0.215 e. The highest BCUT2D eigenvalue weighted by Crippen LogP contribution is 2.33. The van der Waals surface area contributed by atoms with E-state index in [1.165, 1.54) is 23.4 Å². The lowest BCUT2D eigenvalue weighted by atomic mass is 9.85. The normalized spacial score (nSPS) is 17.2. The number of nitrogens with zero attached hydrogens (tertiary/aromatic N) is 6. The molecule has 8 nitrogen and oxygen atoms in total. The SMILES string of the molecule is CCCCOc1cccc(N2CCN([C@H](C)[C@](O)(Cn3cncn3)c3ccc(F)cc3F)CC2)n1. The number of benzene rings is 1. The molecule has 10 heteroatoms. The Kier molecular flexibility index (Phi) is 7.92. The fraction of sp³-hybridized carbons (Fsp3) is 0.480. The molecule has 188 valence electrons. The third-order valence-corrected chi connectivity index (χ3v) is 6.60. The topological polar surface area (TPSA) is 79.5 Å². The molecule has 35 heavy (non-hydrogen) atoms. The van der Waals surface area contributed by atoms with Gasteiger partial charge in [0.05, 0.1) is 13.2 Å². The van der Waals surface area contributed by atoms with E-state index in [4.69, 9.17) is 4.74 Å². The van der Waals surface area contributed by atoms with Crippen molar-refractivity contribution < 1.29 is 18.6 Å². The number of hydrogen-bond donors (Lipinski definition) is 1. The number of pyridine rings is 1. The summed E-state index contributed by atoms with van der Waals surface area (Å²) in [4.78, 5) is 12.8. The Balaban J connectivity index is 1.49. The van der Waals surface area contributed by atoms with Crippen LogP contribution in [0.15, 0.2) is 49.1 Å². The number of aromatic nitrogens is 4. The Morgan fingerprint density at radius 3 is 2.63 bits per heavy atom. The molecule has 0 unspecified atom stereocenters. The van der Waals surface area contributed by atoms with Crippen LogP contribution in [0, 0.1) is 11.6 Å². The van der Waals surface area contributed by atoms with Crippen LogP contribution in [0.2, 0.25) is 0 Å². The Labute approximate surface area is 204 Å². The standard InChI is InChI=1S/C25H32F2N6O2/c1-3-4-14-35-24-7-5-6-23(30-24)32-12-10-31(11-13-32)19(2)25(34,16-33-18-28-17-29-33)21-9-8-20(26)15-22(21)27/h5-9,15,17-19,34H,3-4,10-14,16H2,1-2H3/t19-,25-/m1/s1. The maximum Gasteiger partial charge on any atom is 0.215 e. The average molecular weight is 487 g/mol. The van der Waals surface area contributed by atoms with Gasteiger partial charge in [0.15, 0.2) is 0 Å². The maximum atomic E-state index is 14.8. The van der Waals surface area contributed by atoms with Crippen molar-refractivity contribution in [1.29, 1.82) is 0 Å². The molecule has 1 fully saturated rings. The van der Waals surface area contributed by atoms with E-state index < -0.39 is 23.3 Å². The maximum absolute atomic E-state index is 14.8. The number of unbranched alkanes of at least 4 members (excludes halogenated alkanes) is 1. The fourth-order valence-corrected chi connectivity index (χ4v) is 4.47.